The fourth-order valence-electron chi connectivity index (χ4n) is 3.77. The maximum Gasteiger partial charge on any atom is 0.234 e. The van der Waals surface area contributed by atoms with E-state index in [1.807, 2.05) is 0 Å². The zero-order chi connectivity index (χ0) is 14.9. The van der Waals surface area contributed by atoms with E-state index in [0.29, 0.717) is 18.6 Å². The summed E-state index contributed by atoms with van der Waals surface area (Å²) in [5, 5.41) is 6.58. The van der Waals surface area contributed by atoms with Crippen LogP contribution in [0.3, 0.4) is 0 Å². The summed E-state index contributed by atoms with van der Waals surface area (Å²) in [6, 6.07) is 1.04. The van der Waals surface area contributed by atoms with Crippen LogP contribution in [0, 0.1) is 0 Å². The first-order valence-electron chi connectivity index (χ1n) is 9.03. The third kappa shape index (κ3) is 5.95. The molecule has 0 aromatic carbocycles. The van der Waals surface area contributed by atoms with Gasteiger partial charge < -0.3 is 10.6 Å². The quantitative estimate of drug-likeness (QED) is 0.790. The second kappa shape index (κ2) is 9.42. The highest BCUT2D eigenvalue weighted by Crippen LogP contribution is 2.17. The van der Waals surface area contributed by atoms with Gasteiger partial charge in [-0.25, -0.2) is 0 Å². The van der Waals surface area contributed by atoms with Gasteiger partial charge in [0.25, 0.3) is 0 Å². The van der Waals surface area contributed by atoms with Crippen molar-refractivity contribution in [1.29, 1.82) is 0 Å². The highest BCUT2D eigenvalue weighted by atomic mass is 16.1. The second-order valence-electron chi connectivity index (χ2n) is 6.67. The van der Waals surface area contributed by atoms with Gasteiger partial charge in [0, 0.05) is 18.6 Å². The fraction of sp³-hybridized carbons (Fsp3) is 0.941. The Bertz CT molecular complexity index is 300. The van der Waals surface area contributed by atoms with Crippen molar-refractivity contribution >= 4 is 5.91 Å². The second-order valence-corrected chi connectivity index (χ2v) is 6.67. The third-order valence-electron chi connectivity index (χ3n) is 5.04. The Kier molecular flexibility index (Phi) is 7.51. The lowest BCUT2D eigenvalue weighted by Gasteiger charge is -2.24. The molecule has 2 N–H and O–H groups in total. The number of amides is 1. The maximum absolute atomic E-state index is 12.0. The van der Waals surface area contributed by atoms with Crippen molar-refractivity contribution in [3.05, 3.63) is 0 Å². The number of likely N-dealkylation sites (N-methyl/N-ethyl adjacent to an activating group) is 1. The Morgan fingerprint density at radius 1 is 1.05 bits per heavy atom. The lowest BCUT2D eigenvalue weighted by Crippen LogP contribution is -2.44. The molecular weight excluding hydrogens is 262 g/mol. The zero-order valence-electron chi connectivity index (χ0n) is 13.7. The summed E-state index contributed by atoms with van der Waals surface area (Å²) < 4.78 is 0. The van der Waals surface area contributed by atoms with Crippen molar-refractivity contribution in [3.63, 3.8) is 0 Å². The molecule has 2 fully saturated rings. The van der Waals surface area contributed by atoms with E-state index in [1.165, 1.54) is 51.5 Å². The standard InChI is InChI=1S/C17H33N3O/c1-2-20-12-8-11-16(20)13-18-14-17(21)19-15-9-6-4-3-5-7-10-15/h15-16,18H,2-14H2,1H3,(H,19,21)/t16-/m1/s1. The van der Waals surface area contributed by atoms with Crippen molar-refractivity contribution in [2.45, 2.75) is 76.8 Å². The number of hydrogen-bond donors (Lipinski definition) is 2. The van der Waals surface area contributed by atoms with Crippen molar-refractivity contribution in [1.82, 2.24) is 15.5 Å². The summed E-state index contributed by atoms with van der Waals surface area (Å²) in [4.78, 5) is 14.6. The molecule has 1 heterocycles. The number of rotatable bonds is 6. The van der Waals surface area contributed by atoms with Crippen LogP contribution in [-0.2, 0) is 4.79 Å². The molecule has 4 nitrogen and oxygen atoms in total. The summed E-state index contributed by atoms with van der Waals surface area (Å²) in [5.41, 5.74) is 0. The van der Waals surface area contributed by atoms with E-state index in [9.17, 15) is 4.79 Å². The first-order chi connectivity index (χ1) is 10.3. The van der Waals surface area contributed by atoms with Crippen molar-refractivity contribution in [2.75, 3.05) is 26.2 Å². The molecular formula is C17H33N3O. The fourth-order valence-corrected chi connectivity index (χ4v) is 3.77. The number of nitrogens with one attached hydrogen (secondary N) is 2. The van der Waals surface area contributed by atoms with E-state index in [2.05, 4.69) is 22.5 Å². The smallest absolute Gasteiger partial charge is 0.234 e. The van der Waals surface area contributed by atoms with Crippen LogP contribution in [-0.4, -0.2) is 49.1 Å². The highest BCUT2D eigenvalue weighted by Gasteiger charge is 2.22. The monoisotopic (exact) mass is 295 g/mol. The van der Waals surface area contributed by atoms with Crippen LogP contribution >= 0.6 is 0 Å². The number of hydrogen-bond acceptors (Lipinski definition) is 3. The van der Waals surface area contributed by atoms with Gasteiger partial charge >= 0.3 is 0 Å². The predicted molar refractivity (Wildman–Crippen MR) is 87.4 cm³/mol. The Hall–Kier alpha value is -0.610. The molecule has 0 spiro atoms. The molecule has 0 aromatic rings. The van der Waals surface area contributed by atoms with E-state index in [0.717, 1.165) is 25.9 Å². The Balaban J connectivity index is 1.60. The minimum absolute atomic E-state index is 0.182. The molecule has 0 unspecified atom stereocenters. The molecule has 122 valence electrons. The van der Waals surface area contributed by atoms with Crippen LogP contribution in [0.2, 0.25) is 0 Å². The van der Waals surface area contributed by atoms with Crippen molar-refractivity contribution in [2.24, 2.45) is 0 Å². The van der Waals surface area contributed by atoms with Crippen molar-refractivity contribution in [3.8, 4) is 0 Å². The molecule has 2 rings (SSSR count). The van der Waals surface area contributed by atoms with Gasteiger partial charge in [0.2, 0.25) is 5.91 Å². The molecule has 2 aliphatic rings. The topological polar surface area (TPSA) is 44.4 Å². The van der Waals surface area contributed by atoms with Gasteiger partial charge in [-0.15, -0.1) is 0 Å². The van der Waals surface area contributed by atoms with E-state index in [-0.39, 0.29) is 5.91 Å². The van der Waals surface area contributed by atoms with Gasteiger partial charge in [0.05, 0.1) is 6.54 Å². The first kappa shape index (κ1) is 16.8. The van der Waals surface area contributed by atoms with E-state index in [1.54, 1.807) is 0 Å². The van der Waals surface area contributed by atoms with Crippen LogP contribution in [0.4, 0.5) is 0 Å². The molecule has 1 saturated heterocycles. The van der Waals surface area contributed by atoms with E-state index in [4.69, 9.17) is 0 Å². The molecule has 1 saturated carbocycles. The molecule has 4 heteroatoms. The SMILES string of the molecule is CCN1CCC[C@@H]1CNCC(=O)NC1CCCCCCC1. The van der Waals surface area contributed by atoms with Crippen LogP contribution in [0.15, 0.2) is 0 Å². The number of carbonyl (C=O) groups excluding carboxylic acids is 1. The minimum Gasteiger partial charge on any atom is -0.352 e. The van der Waals surface area contributed by atoms with Crippen LogP contribution in [0.25, 0.3) is 0 Å². The minimum atomic E-state index is 0.182. The van der Waals surface area contributed by atoms with Crippen LogP contribution < -0.4 is 10.6 Å². The van der Waals surface area contributed by atoms with Crippen LogP contribution in [0.5, 0.6) is 0 Å². The molecule has 0 radical (unpaired) electrons. The Labute approximate surface area is 130 Å². The van der Waals surface area contributed by atoms with Crippen LogP contribution in [0.1, 0.15) is 64.7 Å². The summed E-state index contributed by atoms with van der Waals surface area (Å²) in [6.07, 6.45) is 11.5. The third-order valence-corrected chi connectivity index (χ3v) is 5.04. The normalized spacial score (nSPS) is 25.5. The first-order valence-corrected chi connectivity index (χ1v) is 9.03. The van der Waals surface area contributed by atoms with E-state index >= 15 is 0 Å². The molecule has 21 heavy (non-hydrogen) atoms. The predicted octanol–water partition coefficient (Wildman–Crippen LogP) is 2.29. The lowest BCUT2D eigenvalue weighted by molar-refractivity contribution is -0.121. The van der Waals surface area contributed by atoms with E-state index < -0.39 is 0 Å². The van der Waals surface area contributed by atoms with Gasteiger partial charge in [-0.05, 0) is 38.8 Å². The average Bonchev–Trinajstić information content (AvgIpc) is 2.89. The van der Waals surface area contributed by atoms with Gasteiger partial charge in [-0.2, -0.15) is 0 Å². The maximum atomic E-state index is 12.0. The van der Waals surface area contributed by atoms with Gasteiger partial charge in [0.15, 0.2) is 0 Å². The van der Waals surface area contributed by atoms with Crippen molar-refractivity contribution < 1.29 is 4.79 Å². The molecule has 0 aromatic heterocycles. The zero-order valence-corrected chi connectivity index (χ0v) is 13.7. The molecule has 0 bridgehead atoms. The summed E-state index contributed by atoms with van der Waals surface area (Å²) in [5.74, 6) is 0.182. The summed E-state index contributed by atoms with van der Waals surface area (Å²) in [7, 11) is 0. The highest BCUT2D eigenvalue weighted by molar-refractivity contribution is 5.78. The molecule has 1 atom stereocenters. The lowest BCUT2D eigenvalue weighted by atomic mass is 9.97. The molecule has 1 aliphatic heterocycles. The molecule has 1 amide bonds. The average molecular weight is 295 g/mol. The van der Waals surface area contributed by atoms with Gasteiger partial charge in [0.1, 0.15) is 0 Å². The Morgan fingerprint density at radius 2 is 1.76 bits per heavy atom. The van der Waals surface area contributed by atoms with Gasteiger partial charge in [-0.3, -0.25) is 9.69 Å². The van der Waals surface area contributed by atoms with Gasteiger partial charge in [-0.1, -0.05) is 39.0 Å². The number of carbonyl (C=O) groups is 1. The number of likely N-dealkylation sites (tertiary alicyclic amines) is 1. The largest absolute Gasteiger partial charge is 0.352 e. The summed E-state index contributed by atoms with van der Waals surface area (Å²) in [6.45, 7) is 5.99. The Morgan fingerprint density at radius 3 is 2.48 bits per heavy atom. The number of nitrogens with zero attached hydrogens (tertiary/aromatic N) is 1. The molecule has 1 aliphatic carbocycles. The summed E-state index contributed by atoms with van der Waals surface area (Å²) >= 11 is 0.